The third-order valence-electron chi connectivity index (χ3n) is 4.66. The maximum absolute atomic E-state index is 12.0. The van der Waals surface area contributed by atoms with Crippen LogP contribution in [0.1, 0.15) is 37.8 Å². The summed E-state index contributed by atoms with van der Waals surface area (Å²) in [5.74, 6) is -0.610. The van der Waals surface area contributed by atoms with Gasteiger partial charge in [-0.2, -0.15) is 5.10 Å². The number of hydrogen-bond donors (Lipinski definition) is 3. The SMILES string of the molecule is CCN(CC)c1ccc(/C=N/NC(=O)CCC(=O)Nc2cccc(Cl)c2C)c(O)c1. The molecule has 0 aliphatic rings. The summed E-state index contributed by atoms with van der Waals surface area (Å²) in [6.45, 7) is 7.57. The highest BCUT2D eigenvalue weighted by Gasteiger charge is 2.10. The van der Waals surface area contributed by atoms with Crippen LogP contribution in [0.2, 0.25) is 5.02 Å². The molecule has 0 atom stereocenters. The van der Waals surface area contributed by atoms with E-state index in [-0.39, 0.29) is 24.5 Å². The summed E-state index contributed by atoms with van der Waals surface area (Å²) in [5.41, 5.74) is 5.16. The van der Waals surface area contributed by atoms with Gasteiger partial charge in [0.15, 0.2) is 0 Å². The van der Waals surface area contributed by atoms with E-state index >= 15 is 0 Å². The largest absolute Gasteiger partial charge is 0.507 e. The molecular formula is C22H27ClN4O3. The molecule has 7 nitrogen and oxygen atoms in total. The van der Waals surface area contributed by atoms with E-state index < -0.39 is 5.91 Å². The number of aromatic hydroxyl groups is 1. The number of amides is 2. The molecule has 0 bridgehead atoms. The van der Waals surface area contributed by atoms with Crippen LogP contribution in [0.15, 0.2) is 41.5 Å². The smallest absolute Gasteiger partial charge is 0.240 e. The number of benzene rings is 2. The Labute approximate surface area is 181 Å². The molecule has 0 heterocycles. The van der Waals surface area contributed by atoms with Crippen molar-refractivity contribution in [2.75, 3.05) is 23.3 Å². The van der Waals surface area contributed by atoms with Crippen molar-refractivity contribution in [2.45, 2.75) is 33.6 Å². The number of rotatable bonds is 9. The van der Waals surface area contributed by atoms with E-state index in [4.69, 9.17) is 11.6 Å². The van der Waals surface area contributed by atoms with Gasteiger partial charge in [0.05, 0.1) is 6.21 Å². The summed E-state index contributed by atoms with van der Waals surface area (Å²) < 4.78 is 0. The van der Waals surface area contributed by atoms with Crippen molar-refractivity contribution in [3.8, 4) is 5.75 Å². The highest BCUT2D eigenvalue weighted by atomic mass is 35.5. The van der Waals surface area contributed by atoms with Crippen LogP contribution in [0.3, 0.4) is 0 Å². The number of nitrogens with zero attached hydrogens (tertiary/aromatic N) is 2. The lowest BCUT2D eigenvalue weighted by atomic mass is 10.2. The highest BCUT2D eigenvalue weighted by Crippen LogP contribution is 2.24. The highest BCUT2D eigenvalue weighted by molar-refractivity contribution is 6.31. The van der Waals surface area contributed by atoms with E-state index in [2.05, 4.69) is 20.7 Å². The Balaban J connectivity index is 1.83. The van der Waals surface area contributed by atoms with Gasteiger partial charge in [-0.25, -0.2) is 5.43 Å². The number of carbonyl (C=O) groups is 2. The first-order valence-electron chi connectivity index (χ1n) is 9.80. The van der Waals surface area contributed by atoms with E-state index in [1.807, 2.05) is 26.8 Å². The van der Waals surface area contributed by atoms with E-state index in [9.17, 15) is 14.7 Å². The number of hydrazone groups is 1. The molecule has 2 aromatic carbocycles. The van der Waals surface area contributed by atoms with Gasteiger partial charge < -0.3 is 15.3 Å². The Kier molecular flexibility index (Phi) is 8.68. The first kappa shape index (κ1) is 23.2. The van der Waals surface area contributed by atoms with Gasteiger partial charge in [0.25, 0.3) is 0 Å². The molecule has 160 valence electrons. The predicted octanol–water partition coefficient (Wildman–Crippen LogP) is 4.07. The molecule has 0 aliphatic carbocycles. The van der Waals surface area contributed by atoms with Gasteiger partial charge in [0.2, 0.25) is 11.8 Å². The number of nitrogens with one attached hydrogen (secondary N) is 2. The summed E-state index contributed by atoms with van der Waals surface area (Å²) in [5, 5.41) is 17.3. The molecule has 0 aliphatic heterocycles. The second-order valence-corrected chi connectivity index (χ2v) is 7.08. The second-order valence-electron chi connectivity index (χ2n) is 6.67. The molecule has 0 spiro atoms. The quantitative estimate of drug-likeness (QED) is 0.413. The summed E-state index contributed by atoms with van der Waals surface area (Å²) in [6.07, 6.45) is 1.36. The summed E-state index contributed by atoms with van der Waals surface area (Å²) in [7, 11) is 0. The summed E-state index contributed by atoms with van der Waals surface area (Å²) >= 11 is 6.03. The Morgan fingerprint density at radius 1 is 1.13 bits per heavy atom. The van der Waals surface area contributed by atoms with Crippen molar-refractivity contribution in [3.05, 3.63) is 52.5 Å². The molecule has 0 aromatic heterocycles. The monoisotopic (exact) mass is 430 g/mol. The van der Waals surface area contributed by atoms with Gasteiger partial charge in [-0.3, -0.25) is 9.59 Å². The molecule has 0 saturated heterocycles. The van der Waals surface area contributed by atoms with Crippen LogP contribution in [0.4, 0.5) is 11.4 Å². The minimum Gasteiger partial charge on any atom is -0.507 e. The van der Waals surface area contributed by atoms with E-state index in [1.54, 1.807) is 30.3 Å². The van der Waals surface area contributed by atoms with Gasteiger partial charge in [0.1, 0.15) is 5.75 Å². The lowest BCUT2D eigenvalue weighted by Crippen LogP contribution is -2.21. The Morgan fingerprint density at radius 2 is 1.83 bits per heavy atom. The average molecular weight is 431 g/mol. The maximum Gasteiger partial charge on any atom is 0.240 e. The fraction of sp³-hybridized carbons (Fsp3) is 0.318. The van der Waals surface area contributed by atoms with E-state index in [0.717, 1.165) is 24.3 Å². The molecule has 0 unspecified atom stereocenters. The van der Waals surface area contributed by atoms with Crippen molar-refractivity contribution >= 4 is 41.0 Å². The normalized spacial score (nSPS) is 10.8. The minimum absolute atomic E-state index is 0.0110. The van der Waals surface area contributed by atoms with Crippen LogP contribution in [0, 0.1) is 6.92 Å². The fourth-order valence-electron chi connectivity index (χ4n) is 2.84. The first-order valence-corrected chi connectivity index (χ1v) is 10.2. The standard InChI is InChI=1S/C22H27ClN4O3/c1-4-27(5-2)17-10-9-16(20(28)13-17)14-24-26-22(30)12-11-21(29)25-19-8-6-7-18(23)15(19)3/h6-10,13-14,28H,4-5,11-12H2,1-3H3,(H,25,29)(H,26,30)/b24-14+. The second kappa shape index (κ2) is 11.2. The molecule has 0 radical (unpaired) electrons. The minimum atomic E-state index is -0.400. The predicted molar refractivity (Wildman–Crippen MR) is 121 cm³/mol. The number of halogens is 1. The molecule has 2 aromatic rings. The summed E-state index contributed by atoms with van der Waals surface area (Å²) in [6, 6.07) is 10.5. The third-order valence-corrected chi connectivity index (χ3v) is 5.07. The zero-order valence-electron chi connectivity index (χ0n) is 17.4. The zero-order valence-corrected chi connectivity index (χ0v) is 18.2. The molecule has 8 heteroatoms. The van der Waals surface area contributed by atoms with Crippen molar-refractivity contribution in [2.24, 2.45) is 5.10 Å². The third kappa shape index (κ3) is 6.49. The van der Waals surface area contributed by atoms with Crippen molar-refractivity contribution in [1.29, 1.82) is 0 Å². The van der Waals surface area contributed by atoms with Crippen LogP contribution >= 0.6 is 11.6 Å². The van der Waals surface area contributed by atoms with E-state index in [1.165, 1.54) is 6.21 Å². The molecule has 0 saturated carbocycles. The lowest BCUT2D eigenvalue weighted by molar-refractivity contribution is -0.124. The topological polar surface area (TPSA) is 94.0 Å². The summed E-state index contributed by atoms with van der Waals surface area (Å²) in [4.78, 5) is 26.1. The van der Waals surface area contributed by atoms with Gasteiger partial charge in [-0.1, -0.05) is 17.7 Å². The average Bonchev–Trinajstić information content (AvgIpc) is 2.72. The molecular weight excluding hydrogens is 404 g/mol. The number of carbonyl (C=O) groups excluding carboxylic acids is 2. The molecule has 2 amide bonds. The first-order chi connectivity index (χ1) is 14.3. The molecule has 30 heavy (non-hydrogen) atoms. The zero-order chi connectivity index (χ0) is 22.1. The number of phenols is 1. The maximum atomic E-state index is 12.0. The van der Waals surface area contributed by atoms with Crippen molar-refractivity contribution in [1.82, 2.24) is 5.43 Å². The molecule has 3 N–H and O–H groups in total. The van der Waals surface area contributed by atoms with Crippen LogP contribution < -0.4 is 15.6 Å². The Bertz CT molecular complexity index is 927. The lowest BCUT2D eigenvalue weighted by Gasteiger charge is -2.21. The Morgan fingerprint density at radius 3 is 2.50 bits per heavy atom. The fourth-order valence-corrected chi connectivity index (χ4v) is 3.01. The van der Waals surface area contributed by atoms with Crippen molar-refractivity contribution in [3.63, 3.8) is 0 Å². The number of hydrogen-bond acceptors (Lipinski definition) is 5. The van der Waals surface area contributed by atoms with Crippen LogP contribution in [-0.2, 0) is 9.59 Å². The van der Waals surface area contributed by atoms with Gasteiger partial charge >= 0.3 is 0 Å². The van der Waals surface area contributed by atoms with Gasteiger partial charge in [-0.15, -0.1) is 0 Å². The van der Waals surface area contributed by atoms with Gasteiger partial charge in [-0.05, 0) is 50.6 Å². The molecule has 2 rings (SSSR count). The van der Waals surface area contributed by atoms with Crippen LogP contribution in [0.5, 0.6) is 5.75 Å². The molecule has 0 fully saturated rings. The Hall–Kier alpha value is -3.06. The van der Waals surface area contributed by atoms with Crippen LogP contribution in [0.25, 0.3) is 0 Å². The van der Waals surface area contributed by atoms with E-state index in [0.29, 0.717) is 16.3 Å². The van der Waals surface area contributed by atoms with Crippen molar-refractivity contribution < 1.29 is 14.7 Å². The number of anilines is 2. The van der Waals surface area contributed by atoms with Gasteiger partial charge in [0, 0.05) is 54.0 Å². The van der Waals surface area contributed by atoms with Crippen LogP contribution in [-0.4, -0.2) is 36.2 Å². The number of phenolic OH excluding ortho intramolecular Hbond substituents is 1.